The van der Waals surface area contributed by atoms with Crippen LogP contribution in [0.2, 0.25) is 0 Å². The first kappa shape index (κ1) is 20.8. The SMILES string of the molecule is Brc1ncccc1C(c1cccnc1Br)(c1cccnc1Br)c1cccnc1Br. The highest BCUT2D eigenvalue weighted by atomic mass is 79.9. The monoisotopic (exact) mass is 636 g/mol. The Hall–Kier alpha value is -1.48. The molecule has 0 aliphatic rings. The van der Waals surface area contributed by atoms with Gasteiger partial charge in [-0.1, -0.05) is 24.3 Å². The maximum Gasteiger partial charge on any atom is 0.110 e. The lowest BCUT2D eigenvalue weighted by Gasteiger charge is -2.37. The summed E-state index contributed by atoms with van der Waals surface area (Å²) < 4.78 is 2.90. The molecule has 144 valence electrons. The molecule has 0 aromatic carbocycles. The maximum absolute atomic E-state index is 4.52. The standard InChI is InChI=1S/C21H12Br4N4/c22-17-13(5-1-9-26-17)21(14-6-2-10-27-18(14)23,15-7-3-11-28-19(15)24)16-8-4-12-29-20(16)25/h1-12H. The van der Waals surface area contributed by atoms with Crippen LogP contribution in [0, 0.1) is 0 Å². The van der Waals surface area contributed by atoms with E-state index in [-0.39, 0.29) is 0 Å². The molecule has 0 N–H and O–H groups in total. The summed E-state index contributed by atoms with van der Waals surface area (Å²) in [6.45, 7) is 0. The van der Waals surface area contributed by atoms with Crippen molar-refractivity contribution in [2.75, 3.05) is 0 Å². The van der Waals surface area contributed by atoms with Gasteiger partial charge in [0.15, 0.2) is 0 Å². The molecule has 0 fully saturated rings. The minimum absolute atomic E-state index is 0.724. The van der Waals surface area contributed by atoms with Gasteiger partial charge in [0.25, 0.3) is 0 Å². The fourth-order valence-corrected chi connectivity index (χ4v) is 5.72. The first-order valence-electron chi connectivity index (χ1n) is 8.50. The zero-order chi connectivity index (χ0) is 20.4. The van der Waals surface area contributed by atoms with Gasteiger partial charge in [-0.25, -0.2) is 19.9 Å². The van der Waals surface area contributed by atoms with Gasteiger partial charge in [0.05, 0.1) is 5.41 Å². The van der Waals surface area contributed by atoms with E-state index in [1.165, 1.54) is 0 Å². The lowest BCUT2D eigenvalue weighted by atomic mass is 9.66. The third-order valence-electron chi connectivity index (χ3n) is 4.65. The van der Waals surface area contributed by atoms with Gasteiger partial charge in [0, 0.05) is 47.0 Å². The Bertz CT molecular complexity index is 995. The van der Waals surface area contributed by atoms with E-state index < -0.39 is 5.41 Å². The van der Waals surface area contributed by atoms with Gasteiger partial charge >= 0.3 is 0 Å². The molecule has 0 bridgehead atoms. The highest BCUT2D eigenvalue weighted by Gasteiger charge is 2.45. The number of rotatable bonds is 4. The second kappa shape index (κ2) is 8.71. The molecule has 4 aromatic heterocycles. The van der Waals surface area contributed by atoms with Gasteiger partial charge in [0.1, 0.15) is 18.4 Å². The summed E-state index contributed by atoms with van der Waals surface area (Å²) in [5.74, 6) is 0. The molecule has 0 unspecified atom stereocenters. The highest BCUT2D eigenvalue weighted by molar-refractivity contribution is 9.11. The molecule has 4 rings (SSSR count). The van der Waals surface area contributed by atoms with Crippen molar-refractivity contribution in [1.82, 2.24) is 19.9 Å². The number of nitrogens with zero attached hydrogens (tertiary/aromatic N) is 4. The van der Waals surface area contributed by atoms with Crippen LogP contribution in [0.25, 0.3) is 0 Å². The second-order valence-electron chi connectivity index (χ2n) is 6.12. The summed E-state index contributed by atoms with van der Waals surface area (Å²) in [6, 6.07) is 15.9. The fourth-order valence-electron chi connectivity index (χ4n) is 3.53. The van der Waals surface area contributed by atoms with E-state index in [4.69, 9.17) is 0 Å². The van der Waals surface area contributed by atoms with E-state index in [0.29, 0.717) is 0 Å². The average molecular weight is 640 g/mol. The van der Waals surface area contributed by atoms with Crippen LogP contribution in [0.3, 0.4) is 0 Å². The van der Waals surface area contributed by atoms with Gasteiger partial charge in [-0.05, 0) is 88.0 Å². The molecule has 0 aliphatic heterocycles. The van der Waals surface area contributed by atoms with Crippen LogP contribution in [-0.4, -0.2) is 19.9 Å². The second-order valence-corrected chi connectivity index (χ2v) is 9.12. The molecule has 0 spiro atoms. The zero-order valence-corrected chi connectivity index (χ0v) is 21.1. The van der Waals surface area contributed by atoms with Gasteiger partial charge in [-0.2, -0.15) is 0 Å². The molecule has 8 heteroatoms. The van der Waals surface area contributed by atoms with Crippen molar-refractivity contribution in [2.45, 2.75) is 5.41 Å². The van der Waals surface area contributed by atoms with Crippen molar-refractivity contribution in [3.8, 4) is 0 Å². The largest absolute Gasteiger partial charge is 0.249 e. The third kappa shape index (κ3) is 3.60. The summed E-state index contributed by atoms with van der Waals surface area (Å²) in [6.07, 6.45) is 7.03. The van der Waals surface area contributed by atoms with E-state index in [2.05, 4.69) is 108 Å². The number of hydrogen-bond donors (Lipinski definition) is 0. The molecule has 29 heavy (non-hydrogen) atoms. The lowest BCUT2D eigenvalue weighted by Crippen LogP contribution is -2.33. The minimum atomic E-state index is -0.805. The molecule has 0 atom stereocenters. The van der Waals surface area contributed by atoms with E-state index in [1.54, 1.807) is 24.8 Å². The Morgan fingerprint density at radius 1 is 0.448 bits per heavy atom. The Kier molecular flexibility index (Phi) is 6.24. The molecule has 0 saturated heterocycles. The molecule has 0 amide bonds. The molecule has 4 aromatic rings. The third-order valence-corrected chi connectivity index (χ3v) is 7.18. The normalized spacial score (nSPS) is 11.4. The van der Waals surface area contributed by atoms with Crippen LogP contribution in [-0.2, 0) is 5.41 Å². The summed E-state index contributed by atoms with van der Waals surface area (Å²) >= 11 is 14.7. The van der Waals surface area contributed by atoms with Crippen molar-refractivity contribution < 1.29 is 0 Å². The summed E-state index contributed by atoms with van der Waals surface area (Å²) in [7, 11) is 0. The van der Waals surface area contributed by atoms with E-state index >= 15 is 0 Å². The quantitative estimate of drug-likeness (QED) is 0.233. The summed E-state index contributed by atoms with van der Waals surface area (Å²) in [4.78, 5) is 18.1. The van der Waals surface area contributed by atoms with Gasteiger partial charge < -0.3 is 0 Å². The maximum atomic E-state index is 4.52. The number of halogens is 4. The fraction of sp³-hybridized carbons (Fsp3) is 0.0476. The van der Waals surface area contributed by atoms with E-state index in [9.17, 15) is 0 Å². The van der Waals surface area contributed by atoms with Gasteiger partial charge in [0.2, 0.25) is 0 Å². The van der Waals surface area contributed by atoms with Crippen LogP contribution in [0.15, 0.2) is 91.7 Å². The first-order chi connectivity index (χ1) is 14.1. The molecule has 0 radical (unpaired) electrons. The number of aromatic nitrogens is 4. The van der Waals surface area contributed by atoms with Crippen LogP contribution < -0.4 is 0 Å². The smallest absolute Gasteiger partial charge is 0.110 e. The lowest BCUT2D eigenvalue weighted by molar-refractivity contribution is 0.705. The Labute approximate surface area is 201 Å². The van der Waals surface area contributed by atoms with Crippen molar-refractivity contribution in [3.05, 3.63) is 114 Å². The topological polar surface area (TPSA) is 51.6 Å². The van der Waals surface area contributed by atoms with E-state index in [1.807, 2.05) is 24.3 Å². The summed E-state index contributed by atoms with van der Waals surface area (Å²) in [5, 5.41) is 0. The van der Waals surface area contributed by atoms with Crippen LogP contribution in [0.1, 0.15) is 22.3 Å². The minimum Gasteiger partial charge on any atom is -0.249 e. The van der Waals surface area contributed by atoms with Crippen molar-refractivity contribution in [1.29, 1.82) is 0 Å². The Morgan fingerprint density at radius 3 is 0.897 bits per heavy atom. The summed E-state index contributed by atoms with van der Waals surface area (Å²) in [5.41, 5.74) is 2.96. The predicted octanol–water partition coefficient (Wildman–Crippen LogP) is 6.70. The molecule has 0 saturated carbocycles. The van der Waals surface area contributed by atoms with Gasteiger partial charge in [-0.15, -0.1) is 0 Å². The molecular formula is C21H12Br4N4. The number of pyridine rings is 4. The predicted molar refractivity (Wildman–Crippen MR) is 127 cm³/mol. The van der Waals surface area contributed by atoms with Crippen LogP contribution >= 0.6 is 63.7 Å². The molecule has 0 aliphatic carbocycles. The van der Waals surface area contributed by atoms with Crippen molar-refractivity contribution in [2.24, 2.45) is 0 Å². The van der Waals surface area contributed by atoms with Crippen LogP contribution in [0.4, 0.5) is 0 Å². The number of hydrogen-bond acceptors (Lipinski definition) is 4. The van der Waals surface area contributed by atoms with Crippen molar-refractivity contribution >= 4 is 63.7 Å². The Morgan fingerprint density at radius 2 is 0.690 bits per heavy atom. The Balaban J connectivity index is 2.28. The molecule has 4 heterocycles. The first-order valence-corrected chi connectivity index (χ1v) is 11.7. The molecular weight excluding hydrogens is 628 g/mol. The highest BCUT2D eigenvalue weighted by Crippen LogP contribution is 2.51. The van der Waals surface area contributed by atoms with Gasteiger partial charge in [-0.3, -0.25) is 0 Å². The zero-order valence-electron chi connectivity index (χ0n) is 14.7. The molecule has 4 nitrogen and oxygen atoms in total. The van der Waals surface area contributed by atoms with Crippen molar-refractivity contribution in [3.63, 3.8) is 0 Å². The van der Waals surface area contributed by atoms with Crippen LogP contribution in [0.5, 0.6) is 0 Å². The van der Waals surface area contributed by atoms with E-state index in [0.717, 1.165) is 40.7 Å². The average Bonchev–Trinajstić information content (AvgIpc) is 2.73.